The maximum absolute atomic E-state index is 10.00. The van der Waals surface area contributed by atoms with Crippen LogP contribution in [-0.4, -0.2) is 35.4 Å². The smallest absolute Gasteiger partial charge is 0.138 e. The highest BCUT2D eigenvalue weighted by atomic mass is 16.3. The Bertz CT molecular complexity index is 360. The van der Waals surface area contributed by atoms with E-state index in [1.165, 1.54) is 0 Å². The Kier molecular flexibility index (Phi) is 3.03. The van der Waals surface area contributed by atoms with Gasteiger partial charge in [0, 0.05) is 19.6 Å². The van der Waals surface area contributed by atoms with E-state index in [2.05, 4.69) is 4.90 Å². The number of nitrogens with two attached hydrogens (primary N) is 1. The number of rotatable bonds is 2. The molecule has 0 aliphatic carbocycles. The summed E-state index contributed by atoms with van der Waals surface area (Å²) >= 11 is 0. The highest BCUT2D eigenvalue weighted by molar-refractivity contribution is 5.57. The zero-order valence-electron chi connectivity index (χ0n) is 9.26. The summed E-state index contributed by atoms with van der Waals surface area (Å²) in [5.74, 6) is 0.292. The number of hydrogen-bond acceptors (Lipinski definition) is 4. The molecular weight excluding hydrogens is 204 g/mol. The summed E-state index contributed by atoms with van der Waals surface area (Å²) in [5, 5.41) is 19.7. The lowest BCUT2D eigenvalue weighted by Gasteiger charge is -2.38. The minimum atomic E-state index is -0.721. The second-order valence-corrected chi connectivity index (χ2v) is 4.40. The first-order valence-corrected chi connectivity index (χ1v) is 5.60. The van der Waals surface area contributed by atoms with Crippen LogP contribution >= 0.6 is 0 Å². The Morgan fingerprint density at radius 3 is 2.44 bits per heavy atom. The average molecular weight is 222 g/mol. The van der Waals surface area contributed by atoms with E-state index in [-0.39, 0.29) is 0 Å². The lowest BCUT2D eigenvalue weighted by Crippen LogP contribution is -2.48. The van der Waals surface area contributed by atoms with E-state index in [1.807, 2.05) is 12.1 Å². The van der Waals surface area contributed by atoms with Gasteiger partial charge in [0.05, 0.1) is 11.3 Å². The van der Waals surface area contributed by atoms with Crippen molar-refractivity contribution in [1.29, 1.82) is 0 Å². The predicted molar refractivity (Wildman–Crippen MR) is 63.6 cm³/mol. The summed E-state index contributed by atoms with van der Waals surface area (Å²) < 4.78 is 0. The molecule has 0 amide bonds. The number of phenolic OH excluding ortho intramolecular Hbond substituents is 1. The van der Waals surface area contributed by atoms with E-state index >= 15 is 0 Å². The summed E-state index contributed by atoms with van der Waals surface area (Å²) in [4.78, 5) is 2.08. The van der Waals surface area contributed by atoms with Gasteiger partial charge in [-0.05, 0) is 25.0 Å². The summed E-state index contributed by atoms with van der Waals surface area (Å²) in [6.45, 7) is 1.76. The van der Waals surface area contributed by atoms with E-state index in [0.29, 0.717) is 25.1 Å². The van der Waals surface area contributed by atoms with Gasteiger partial charge < -0.3 is 20.8 Å². The van der Waals surface area contributed by atoms with Gasteiger partial charge in [0.2, 0.25) is 0 Å². The number of anilines is 1. The van der Waals surface area contributed by atoms with E-state index in [1.54, 1.807) is 12.1 Å². The van der Waals surface area contributed by atoms with Crippen molar-refractivity contribution in [1.82, 2.24) is 0 Å². The number of aliphatic hydroxyl groups is 1. The largest absolute Gasteiger partial charge is 0.506 e. The SMILES string of the molecule is NCC1(O)CCN(c2ccccc2O)CC1. The molecule has 1 aromatic rings. The zero-order chi connectivity index (χ0) is 11.6. The van der Waals surface area contributed by atoms with E-state index in [0.717, 1.165) is 18.8 Å². The summed E-state index contributed by atoms with van der Waals surface area (Å²) in [5.41, 5.74) is 5.65. The number of piperidine rings is 1. The fraction of sp³-hybridized carbons (Fsp3) is 0.500. The first-order chi connectivity index (χ1) is 7.64. The summed E-state index contributed by atoms with van der Waals surface area (Å²) in [7, 11) is 0. The van der Waals surface area contributed by atoms with Crippen molar-refractivity contribution in [3.63, 3.8) is 0 Å². The van der Waals surface area contributed by atoms with Gasteiger partial charge in [-0.15, -0.1) is 0 Å². The average Bonchev–Trinajstić information content (AvgIpc) is 2.31. The molecule has 1 saturated heterocycles. The Balaban J connectivity index is 2.07. The molecule has 0 radical (unpaired) electrons. The van der Waals surface area contributed by atoms with Crippen LogP contribution < -0.4 is 10.6 Å². The Labute approximate surface area is 95.3 Å². The molecule has 1 heterocycles. The highest BCUT2D eigenvalue weighted by Crippen LogP contribution is 2.31. The van der Waals surface area contributed by atoms with Crippen LogP contribution in [0, 0.1) is 0 Å². The van der Waals surface area contributed by atoms with Crippen molar-refractivity contribution in [2.75, 3.05) is 24.5 Å². The van der Waals surface area contributed by atoms with Crippen LogP contribution in [0.1, 0.15) is 12.8 Å². The monoisotopic (exact) mass is 222 g/mol. The predicted octanol–water partition coefficient (Wildman–Crippen LogP) is 0.682. The number of aromatic hydroxyl groups is 1. The van der Waals surface area contributed by atoms with Gasteiger partial charge in [0.15, 0.2) is 0 Å². The molecule has 2 rings (SSSR count). The van der Waals surface area contributed by atoms with Gasteiger partial charge in [0.1, 0.15) is 5.75 Å². The standard InChI is InChI=1S/C12H18N2O2/c13-9-12(16)5-7-14(8-6-12)10-3-1-2-4-11(10)15/h1-4,15-16H,5-9,13H2. The molecule has 1 aliphatic rings. The Morgan fingerprint density at radius 1 is 1.25 bits per heavy atom. The number of phenols is 1. The Hall–Kier alpha value is -1.26. The number of para-hydroxylation sites is 2. The molecule has 16 heavy (non-hydrogen) atoms. The first kappa shape index (κ1) is 11.2. The van der Waals surface area contributed by atoms with Crippen molar-refractivity contribution in [2.45, 2.75) is 18.4 Å². The third-order valence-corrected chi connectivity index (χ3v) is 3.30. The van der Waals surface area contributed by atoms with Crippen molar-refractivity contribution in [3.05, 3.63) is 24.3 Å². The highest BCUT2D eigenvalue weighted by Gasteiger charge is 2.31. The van der Waals surface area contributed by atoms with Crippen LogP contribution in [0.3, 0.4) is 0 Å². The lowest BCUT2D eigenvalue weighted by atomic mass is 9.91. The van der Waals surface area contributed by atoms with Gasteiger partial charge >= 0.3 is 0 Å². The molecule has 1 aromatic carbocycles. The van der Waals surface area contributed by atoms with Gasteiger partial charge in [0.25, 0.3) is 0 Å². The van der Waals surface area contributed by atoms with Gasteiger partial charge in [-0.3, -0.25) is 0 Å². The van der Waals surface area contributed by atoms with Crippen LogP contribution in [0.15, 0.2) is 24.3 Å². The van der Waals surface area contributed by atoms with Gasteiger partial charge in [-0.2, -0.15) is 0 Å². The molecular formula is C12H18N2O2. The lowest BCUT2D eigenvalue weighted by molar-refractivity contribution is 0.0249. The molecule has 0 atom stereocenters. The van der Waals surface area contributed by atoms with Crippen molar-refractivity contribution in [2.24, 2.45) is 5.73 Å². The first-order valence-electron chi connectivity index (χ1n) is 5.60. The van der Waals surface area contributed by atoms with Crippen molar-refractivity contribution >= 4 is 5.69 Å². The number of hydrogen-bond donors (Lipinski definition) is 3. The quantitative estimate of drug-likeness (QED) is 0.688. The molecule has 0 spiro atoms. The fourth-order valence-electron chi connectivity index (χ4n) is 2.10. The topological polar surface area (TPSA) is 69.7 Å². The van der Waals surface area contributed by atoms with Gasteiger partial charge in [-0.25, -0.2) is 0 Å². The fourth-order valence-corrected chi connectivity index (χ4v) is 2.10. The molecule has 0 saturated carbocycles. The third-order valence-electron chi connectivity index (χ3n) is 3.30. The molecule has 0 unspecified atom stereocenters. The molecule has 0 aromatic heterocycles. The number of nitrogens with zero attached hydrogens (tertiary/aromatic N) is 1. The minimum absolute atomic E-state index is 0.292. The number of benzene rings is 1. The van der Waals surface area contributed by atoms with Crippen LogP contribution in [-0.2, 0) is 0 Å². The molecule has 1 aliphatic heterocycles. The minimum Gasteiger partial charge on any atom is -0.506 e. The molecule has 4 nitrogen and oxygen atoms in total. The van der Waals surface area contributed by atoms with Crippen LogP contribution in [0.5, 0.6) is 5.75 Å². The molecule has 88 valence electrons. The summed E-state index contributed by atoms with van der Waals surface area (Å²) in [6.07, 6.45) is 1.30. The Morgan fingerprint density at radius 2 is 1.88 bits per heavy atom. The normalized spacial score (nSPS) is 19.8. The molecule has 4 N–H and O–H groups in total. The molecule has 1 fully saturated rings. The molecule has 4 heteroatoms. The van der Waals surface area contributed by atoms with Crippen LogP contribution in [0.4, 0.5) is 5.69 Å². The second-order valence-electron chi connectivity index (χ2n) is 4.40. The van der Waals surface area contributed by atoms with Crippen molar-refractivity contribution < 1.29 is 10.2 Å². The maximum atomic E-state index is 10.00. The van der Waals surface area contributed by atoms with Crippen molar-refractivity contribution in [3.8, 4) is 5.75 Å². The maximum Gasteiger partial charge on any atom is 0.138 e. The molecule has 0 bridgehead atoms. The zero-order valence-corrected chi connectivity index (χ0v) is 9.26. The second kappa shape index (κ2) is 4.31. The third kappa shape index (κ3) is 2.13. The van der Waals surface area contributed by atoms with E-state index in [9.17, 15) is 10.2 Å². The van der Waals surface area contributed by atoms with E-state index in [4.69, 9.17) is 5.73 Å². The van der Waals surface area contributed by atoms with E-state index < -0.39 is 5.60 Å². The van der Waals surface area contributed by atoms with Gasteiger partial charge in [-0.1, -0.05) is 12.1 Å². The van der Waals surface area contributed by atoms with Crippen LogP contribution in [0.2, 0.25) is 0 Å². The summed E-state index contributed by atoms with van der Waals surface area (Å²) in [6, 6.07) is 7.28. The van der Waals surface area contributed by atoms with Crippen LogP contribution in [0.25, 0.3) is 0 Å².